The first-order valence-corrected chi connectivity index (χ1v) is 3.79. The molecule has 0 aromatic carbocycles. The molecule has 0 radical (unpaired) electrons. The van der Waals surface area contributed by atoms with Crippen LogP contribution >= 0.6 is 0 Å². The minimum Gasteiger partial charge on any atom is -0.380 e. The molecule has 1 unspecified atom stereocenters. The Bertz CT molecular complexity index is 203. The highest BCUT2D eigenvalue weighted by Gasteiger charge is 2.29. The molecule has 1 fully saturated rings. The van der Waals surface area contributed by atoms with E-state index in [9.17, 15) is 4.79 Å². The van der Waals surface area contributed by atoms with E-state index in [-0.39, 0.29) is 11.9 Å². The third-order valence-electron chi connectivity index (χ3n) is 2.05. The van der Waals surface area contributed by atoms with Crippen LogP contribution in [0.5, 0.6) is 0 Å². The van der Waals surface area contributed by atoms with Gasteiger partial charge < -0.3 is 9.64 Å². The molecule has 1 saturated heterocycles. The Morgan fingerprint density at radius 2 is 2.55 bits per heavy atom. The fourth-order valence-corrected chi connectivity index (χ4v) is 1.41. The monoisotopic (exact) mass is 154 g/mol. The molecule has 0 saturated carbocycles. The lowest BCUT2D eigenvalue weighted by atomic mass is 10.2. The van der Waals surface area contributed by atoms with Crippen molar-refractivity contribution in [1.82, 2.24) is 4.90 Å². The van der Waals surface area contributed by atoms with E-state index in [4.69, 9.17) is 4.74 Å². The molecule has 2 aliphatic heterocycles. The van der Waals surface area contributed by atoms with Crippen molar-refractivity contribution in [1.29, 1.82) is 0 Å². The highest BCUT2D eigenvalue weighted by atomic mass is 16.5. The predicted molar refractivity (Wildman–Crippen MR) is 39.4 cm³/mol. The average molecular weight is 154 g/mol. The molecule has 0 aliphatic carbocycles. The van der Waals surface area contributed by atoms with Gasteiger partial charge in [0, 0.05) is 19.6 Å². The zero-order valence-electron chi connectivity index (χ0n) is 6.19. The van der Waals surface area contributed by atoms with Crippen molar-refractivity contribution in [2.24, 2.45) is 4.99 Å². The number of rotatable bonds is 0. The van der Waals surface area contributed by atoms with Crippen LogP contribution in [-0.2, 0) is 9.53 Å². The number of amides is 1. The van der Waals surface area contributed by atoms with E-state index in [1.807, 2.05) is 4.90 Å². The first-order valence-electron chi connectivity index (χ1n) is 3.79. The molecule has 2 rings (SSSR count). The zero-order valence-corrected chi connectivity index (χ0v) is 6.19. The zero-order chi connectivity index (χ0) is 7.68. The largest absolute Gasteiger partial charge is 0.380 e. The molecule has 0 N–H and O–H groups in total. The Kier molecular flexibility index (Phi) is 1.62. The van der Waals surface area contributed by atoms with Gasteiger partial charge in [-0.2, -0.15) is 0 Å². The van der Waals surface area contributed by atoms with Gasteiger partial charge in [-0.3, -0.25) is 4.79 Å². The van der Waals surface area contributed by atoms with Crippen LogP contribution in [0.1, 0.15) is 6.42 Å². The summed E-state index contributed by atoms with van der Waals surface area (Å²) in [6, 6.07) is -0.0301. The molecule has 0 aromatic heterocycles. The van der Waals surface area contributed by atoms with Crippen molar-refractivity contribution >= 4 is 12.2 Å². The number of ether oxygens (including phenoxy) is 1. The van der Waals surface area contributed by atoms with Crippen molar-refractivity contribution < 1.29 is 9.53 Å². The molecule has 2 aliphatic rings. The summed E-state index contributed by atoms with van der Waals surface area (Å²) in [7, 11) is 0. The van der Waals surface area contributed by atoms with E-state index >= 15 is 0 Å². The van der Waals surface area contributed by atoms with Crippen molar-refractivity contribution in [3.63, 3.8) is 0 Å². The standard InChI is InChI=1S/C7H10N2O2/c10-7-6-1-3-11-4-2-9(6)5-8-7/h5-6H,1-4H2. The van der Waals surface area contributed by atoms with Crippen molar-refractivity contribution in [2.45, 2.75) is 12.5 Å². The molecular weight excluding hydrogens is 144 g/mol. The molecule has 60 valence electrons. The second kappa shape index (κ2) is 2.62. The van der Waals surface area contributed by atoms with Gasteiger partial charge in [0.2, 0.25) is 0 Å². The minimum absolute atomic E-state index is 0.0181. The molecular formula is C7H10N2O2. The number of carbonyl (C=O) groups excluding carboxylic acids is 1. The predicted octanol–water partition coefficient (Wildman–Crippen LogP) is -0.354. The first kappa shape index (κ1) is 6.79. The maximum absolute atomic E-state index is 11.1. The Labute approximate surface area is 64.8 Å². The van der Waals surface area contributed by atoms with E-state index < -0.39 is 0 Å². The SMILES string of the molecule is O=C1N=CN2CCOCCC12. The van der Waals surface area contributed by atoms with Gasteiger partial charge in [-0.05, 0) is 0 Å². The van der Waals surface area contributed by atoms with Gasteiger partial charge in [0.15, 0.2) is 0 Å². The Morgan fingerprint density at radius 3 is 3.45 bits per heavy atom. The maximum atomic E-state index is 11.1. The molecule has 2 heterocycles. The normalized spacial score (nSPS) is 30.4. The van der Waals surface area contributed by atoms with Gasteiger partial charge in [-0.15, -0.1) is 0 Å². The summed E-state index contributed by atoms with van der Waals surface area (Å²) in [5.41, 5.74) is 0. The summed E-state index contributed by atoms with van der Waals surface area (Å²) >= 11 is 0. The smallest absolute Gasteiger partial charge is 0.269 e. The van der Waals surface area contributed by atoms with Crippen LogP contribution in [0.15, 0.2) is 4.99 Å². The number of fused-ring (bicyclic) bond motifs is 1. The summed E-state index contributed by atoms with van der Waals surface area (Å²) in [4.78, 5) is 16.7. The van der Waals surface area contributed by atoms with E-state index in [1.54, 1.807) is 6.34 Å². The van der Waals surface area contributed by atoms with Crippen molar-refractivity contribution in [3.05, 3.63) is 0 Å². The number of hydrogen-bond acceptors (Lipinski definition) is 3. The second-order valence-corrected chi connectivity index (χ2v) is 2.74. The van der Waals surface area contributed by atoms with Crippen LogP contribution in [0.25, 0.3) is 0 Å². The fourth-order valence-electron chi connectivity index (χ4n) is 1.41. The van der Waals surface area contributed by atoms with E-state index in [0.717, 1.165) is 13.0 Å². The van der Waals surface area contributed by atoms with E-state index in [0.29, 0.717) is 13.2 Å². The molecule has 1 amide bonds. The number of hydrogen-bond donors (Lipinski definition) is 0. The van der Waals surface area contributed by atoms with Gasteiger partial charge in [0.1, 0.15) is 6.04 Å². The third kappa shape index (κ3) is 1.14. The molecule has 11 heavy (non-hydrogen) atoms. The molecule has 4 heteroatoms. The molecule has 4 nitrogen and oxygen atoms in total. The minimum atomic E-state index is -0.0301. The summed E-state index contributed by atoms with van der Waals surface area (Å²) in [6.07, 6.45) is 2.40. The average Bonchev–Trinajstić information content (AvgIpc) is 2.25. The number of aliphatic imine (C=N–C) groups is 1. The van der Waals surface area contributed by atoms with Crippen LogP contribution in [0.3, 0.4) is 0 Å². The van der Waals surface area contributed by atoms with Crippen molar-refractivity contribution in [2.75, 3.05) is 19.8 Å². The van der Waals surface area contributed by atoms with Crippen LogP contribution in [0.2, 0.25) is 0 Å². The quantitative estimate of drug-likeness (QED) is 0.478. The topological polar surface area (TPSA) is 41.9 Å². The van der Waals surface area contributed by atoms with Gasteiger partial charge >= 0.3 is 0 Å². The molecule has 0 bridgehead atoms. The van der Waals surface area contributed by atoms with E-state index in [2.05, 4.69) is 4.99 Å². The Balaban J connectivity index is 2.11. The van der Waals surface area contributed by atoms with Gasteiger partial charge in [-0.25, -0.2) is 4.99 Å². The van der Waals surface area contributed by atoms with Gasteiger partial charge in [-0.1, -0.05) is 0 Å². The number of nitrogens with zero attached hydrogens (tertiary/aromatic N) is 2. The lowest BCUT2D eigenvalue weighted by Crippen LogP contribution is -2.34. The van der Waals surface area contributed by atoms with Crippen molar-refractivity contribution in [3.8, 4) is 0 Å². The summed E-state index contributed by atoms with van der Waals surface area (Å²) in [6.45, 7) is 2.17. The first-order chi connectivity index (χ1) is 5.38. The highest BCUT2D eigenvalue weighted by molar-refractivity contribution is 5.94. The lowest BCUT2D eigenvalue weighted by Gasteiger charge is -2.17. The van der Waals surface area contributed by atoms with Gasteiger partial charge in [0.25, 0.3) is 5.91 Å². The van der Waals surface area contributed by atoms with Gasteiger partial charge in [0.05, 0.1) is 12.9 Å². The maximum Gasteiger partial charge on any atom is 0.269 e. The van der Waals surface area contributed by atoms with Crippen LogP contribution in [0.4, 0.5) is 0 Å². The molecule has 0 spiro atoms. The summed E-state index contributed by atoms with van der Waals surface area (Å²) < 4.78 is 5.22. The fraction of sp³-hybridized carbons (Fsp3) is 0.714. The third-order valence-corrected chi connectivity index (χ3v) is 2.05. The second-order valence-electron chi connectivity index (χ2n) is 2.74. The summed E-state index contributed by atoms with van der Waals surface area (Å²) in [5.74, 6) is -0.0181. The summed E-state index contributed by atoms with van der Waals surface area (Å²) in [5, 5.41) is 0. The Morgan fingerprint density at radius 1 is 1.64 bits per heavy atom. The van der Waals surface area contributed by atoms with Crippen LogP contribution < -0.4 is 0 Å². The molecule has 1 atom stereocenters. The van der Waals surface area contributed by atoms with E-state index in [1.165, 1.54) is 0 Å². The number of carbonyl (C=O) groups is 1. The van der Waals surface area contributed by atoms with Crippen LogP contribution in [0, 0.1) is 0 Å². The highest BCUT2D eigenvalue weighted by Crippen LogP contribution is 2.13. The lowest BCUT2D eigenvalue weighted by molar-refractivity contribution is -0.120. The Hall–Kier alpha value is -0.900. The molecule has 0 aromatic rings. The van der Waals surface area contributed by atoms with Crippen LogP contribution in [-0.4, -0.2) is 42.9 Å².